The topological polar surface area (TPSA) is 83.7 Å². The summed E-state index contributed by atoms with van der Waals surface area (Å²) in [5.41, 5.74) is 1.73. The van der Waals surface area contributed by atoms with E-state index in [4.69, 9.17) is 0 Å². The zero-order valence-corrected chi connectivity index (χ0v) is 15.1. The lowest BCUT2D eigenvalue weighted by molar-refractivity contribution is 0.383. The van der Waals surface area contributed by atoms with E-state index in [-0.39, 0.29) is 5.75 Å². The van der Waals surface area contributed by atoms with Gasteiger partial charge in [0.25, 0.3) is 0 Å². The number of benzene rings is 1. The van der Waals surface area contributed by atoms with Gasteiger partial charge in [0.15, 0.2) is 5.65 Å². The van der Waals surface area contributed by atoms with Crippen LogP contribution >= 0.6 is 0 Å². The average Bonchev–Trinajstić information content (AvgIpc) is 3.15. The molecule has 1 fully saturated rings. The molecule has 0 aliphatic carbocycles. The number of rotatable bonds is 5. The molecule has 0 saturated carbocycles. The van der Waals surface area contributed by atoms with Crippen molar-refractivity contribution in [2.75, 3.05) is 36.8 Å². The quantitative estimate of drug-likeness (QED) is 0.659. The lowest BCUT2D eigenvalue weighted by atomic mass is 10.2. The standard InChI is InChI=1S/C17H20N6O2S/c24-26(25,13-8-15-4-2-1-3-5-15)22-11-9-21(10-12-22)17-7-6-16-19-18-14-23(16)20-17/h1-7,14H,8-13H2. The number of nitrogens with zero attached hydrogens (tertiary/aromatic N) is 6. The van der Waals surface area contributed by atoms with Crippen LogP contribution in [-0.2, 0) is 16.4 Å². The molecule has 0 amide bonds. The van der Waals surface area contributed by atoms with Crippen LogP contribution < -0.4 is 4.90 Å². The summed E-state index contributed by atoms with van der Waals surface area (Å²) in [6, 6.07) is 13.5. The lowest BCUT2D eigenvalue weighted by Gasteiger charge is -2.34. The first-order chi connectivity index (χ1) is 12.6. The van der Waals surface area contributed by atoms with Crippen molar-refractivity contribution >= 4 is 21.5 Å². The summed E-state index contributed by atoms with van der Waals surface area (Å²) >= 11 is 0. The molecule has 0 N–H and O–H groups in total. The van der Waals surface area contributed by atoms with Gasteiger partial charge in [0.2, 0.25) is 10.0 Å². The van der Waals surface area contributed by atoms with E-state index in [1.54, 1.807) is 15.1 Å². The van der Waals surface area contributed by atoms with Crippen molar-refractivity contribution in [3.05, 3.63) is 54.4 Å². The molecule has 0 atom stereocenters. The Labute approximate surface area is 152 Å². The van der Waals surface area contributed by atoms with E-state index in [9.17, 15) is 8.42 Å². The second kappa shape index (κ2) is 7.00. The van der Waals surface area contributed by atoms with E-state index in [1.807, 2.05) is 42.5 Å². The SMILES string of the molecule is O=S(=O)(CCc1ccccc1)N1CCN(c2ccc3nncn3n2)CC1. The molecular weight excluding hydrogens is 352 g/mol. The minimum Gasteiger partial charge on any atom is -0.353 e. The van der Waals surface area contributed by atoms with Crippen LogP contribution in [0.5, 0.6) is 0 Å². The van der Waals surface area contributed by atoms with Crippen LogP contribution in [0.2, 0.25) is 0 Å². The van der Waals surface area contributed by atoms with Crippen LogP contribution in [0.4, 0.5) is 5.82 Å². The Hall–Kier alpha value is -2.52. The number of hydrogen-bond donors (Lipinski definition) is 0. The van der Waals surface area contributed by atoms with Crippen molar-refractivity contribution < 1.29 is 8.42 Å². The van der Waals surface area contributed by atoms with Gasteiger partial charge in [-0.2, -0.15) is 8.82 Å². The molecule has 1 saturated heterocycles. The van der Waals surface area contributed by atoms with E-state index < -0.39 is 10.0 Å². The molecule has 0 unspecified atom stereocenters. The molecule has 3 aromatic rings. The summed E-state index contributed by atoms with van der Waals surface area (Å²) in [5, 5.41) is 12.2. The van der Waals surface area contributed by atoms with Crippen LogP contribution in [0.1, 0.15) is 5.56 Å². The van der Waals surface area contributed by atoms with Crippen molar-refractivity contribution in [2.24, 2.45) is 0 Å². The highest BCUT2D eigenvalue weighted by molar-refractivity contribution is 7.89. The monoisotopic (exact) mass is 372 g/mol. The molecular formula is C17H20N6O2S. The van der Waals surface area contributed by atoms with Crippen LogP contribution in [0.3, 0.4) is 0 Å². The van der Waals surface area contributed by atoms with Crippen molar-refractivity contribution in [3.63, 3.8) is 0 Å². The number of aromatic nitrogens is 4. The molecule has 4 rings (SSSR count). The molecule has 2 aromatic heterocycles. The highest BCUT2D eigenvalue weighted by atomic mass is 32.2. The molecule has 1 aliphatic heterocycles. The number of sulfonamides is 1. The van der Waals surface area contributed by atoms with Crippen molar-refractivity contribution in [2.45, 2.75) is 6.42 Å². The van der Waals surface area contributed by atoms with E-state index in [0.29, 0.717) is 38.2 Å². The molecule has 26 heavy (non-hydrogen) atoms. The maximum absolute atomic E-state index is 12.6. The summed E-state index contributed by atoms with van der Waals surface area (Å²) in [6.07, 6.45) is 2.10. The zero-order chi connectivity index (χ0) is 18.0. The number of piperazine rings is 1. The minimum atomic E-state index is -3.25. The minimum absolute atomic E-state index is 0.141. The van der Waals surface area contributed by atoms with Gasteiger partial charge >= 0.3 is 0 Å². The summed E-state index contributed by atoms with van der Waals surface area (Å²) in [4.78, 5) is 2.09. The fourth-order valence-corrected chi connectivity index (χ4v) is 4.57. The van der Waals surface area contributed by atoms with Crippen LogP contribution in [0, 0.1) is 0 Å². The van der Waals surface area contributed by atoms with Crippen molar-refractivity contribution in [1.82, 2.24) is 24.1 Å². The van der Waals surface area contributed by atoms with Gasteiger partial charge in [-0.1, -0.05) is 30.3 Å². The molecule has 0 radical (unpaired) electrons. The van der Waals surface area contributed by atoms with Gasteiger partial charge in [0.1, 0.15) is 12.1 Å². The lowest BCUT2D eigenvalue weighted by Crippen LogP contribution is -2.49. The number of hydrogen-bond acceptors (Lipinski definition) is 6. The maximum Gasteiger partial charge on any atom is 0.214 e. The van der Waals surface area contributed by atoms with Crippen LogP contribution in [-0.4, -0.2) is 64.5 Å². The molecule has 8 nitrogen and oxygen atoms in total. The first-order valence-electron chi connectivity index (χ1n) is 8.56. The molecule has 9 heteroatoms. The van der Waals surface area contributed by atoms with Gasteiger partial charge in [-0.05, 0) is 24.1 Å². The highest BCUT2D eigenvalue weighted by Crippen LogP contribution is 2.16. The second-order valence-corrected chi connectivity index (χ2v) is 8.35. The van der Waals surface area contributed by atoms with Crippen molar-refractivity contribution in [1.29, 1.82) is 0 Å². The zero-order valence-electron chi connectivity index (χ0n) is 14.3. The maximum atomic E-state index is 12.6. The van der Waals surface area contributed by atoms with Gasteiger partial charge < -0.3 is 4.90 Å². The van der Waals surface area contributed by atoms with E-state index in [0.717, 1.165) is 11.4 Å². The predicted octanol–water partition coefficient (Wildman–Crippen LogP) is 0.819. The largest absolute Gasteiger partial charge is 0.353 e. The fraction of sp³-hybridized carbons (Fsp3) is 0.353. The molecule has 136 valence electrons. The van der Waals surface area contributed by atoms with Gasteiger partial charge in [-0.3, -0.25) is 0 Å². The van der Waals surface area contributed by atoms with Crippen molar-refractivity contribution in [3.8, 4) is 0 Å². The first kappa shape index (κ1) is 16.9. The van der Waals surface area contributed by atoms with E-state index in [2.05, 4.69) is 20.2 Å². The van der Waals surface area contributed by atoms with E-state index in [1.165, 1.54) is 0 Å². The molecule has 0 spiro atoms. The third-order valence-corrected chi connectivity index (χ3v) is 6.47. The Bertz CT molecular complexity index is 981. The highest BCUT2D eigenvalue weighted by Gasteiger charge is 2.27. The molecule has 3 heterocycles. The Morgan fingerprint density at radius 3 is 2.50 bits per heavy atom. The summed E-state index contributed by atoms with van der Waals surface area (Å²) in [6.45, 7) is 2.18. The Morgan fingerprint density at radius 1 is 0.962 bits per heavy atom. The Morgan fingerprint density at radius 2 is 1.73 bits per heavy atom. The Kier molecular flexibility index (Phi) is 4.56. The summed E-state index contributed by atoms with van der Waals surface area (Å²) in [7, 11) is -3.25. The third-order valence-electron chi connectivity index (χ3n) is 4.60. The number of aryl methyl sites for hydroxylation is 1. The van der Waals surface area contributed by atoms with Gasteiger partial charge in [0, 0.05) is 26.2 Å². The predicted molar refractivity (Wildman–Crippen MR) is 98.5 cm³/mol. The summed E-state index contributed by atoms with van der Waals surface area (Å²) < 4.78 is 28.4. The van der Waals surface area contributed by atoms with Gasteiger partial charge in [-0.25, -0.2) is 8.42 Å². The molecule has 1 aromatic carbocycles. The molecule has 1 aliphatic rings. The fourth-order valence-electron chi connectivity index (χ4n) is 3.10. The smallest absolute Gasteiger partial charge is 0.214 e. The number of fused-ring (bicyclic) bond motifs is 1. The molecule has 0 bridgehead atoms. The number of anilines is 1. The van der Waals surface area contributed by atoms with E-state index >= 15 is 0 Å². The third kappa shape index (κ3) is 3.54. The van der Waals surface area contributed by atoms with Crippen LogP contribution in [0.15, 0.2) is 48.8 Å². The first-order valence-corrected chi connectivity index (χ1v) is 10.2. The van der Waals surface area contributed by atoms with Gasteiger partial charge in [-0.15, -0.1) is 15.3 Å². The van der Waals surface area contributed by atoms with Gasteiger partial charge in [0.05, 0.1) is 5.75 Å². The average molecular weight is 372 g/mol. The second-order valence-electron chi connectivity index (χ2n) is 6.26. The Balaban J connectivity index is 1.37. The normalized spacial score (nSPS) is 16.2. The summed E-state index contributed by atoms with van der Waals surface area (Å²) in [5.74, 6) is 0.945. The van der Waals surface area contributed by atoms with Crippen LogP contribution in [0.25, 0.3) is 5.65 Å².